The number of aromatic amines is 2. The first kappa shape index (κ1) is 12.0. The van der Waals surface area contributed by atoms with Gasteiger partial charge in [-0.05, 0) is 0 Å². The second-order valence-electron chi connectivity index (χ2n) is 3.83. The number of H-pyrrole nitrogens is 2. The average molecular weight is 250 g/mol. The summed E-state index contributed by atoms with van der Waals surface area (Å²) < 4.78 is 1.18. The summed E-state index contributed by atoms with van der Waals surface area (Å²) in [7, 11) is 1.49. The van der Waals surface area contributed by atoms with Crippen molar-refractivity contribution in [3.8, 4) is 0 Å². The van der Waals surface area contributed by atoms with Gasteiger partial charge in [-0.3, -0.25) is 14.3 Å². The van der Waals surface area contributed by atoms with E-state index in [1.807, 2.05) is 0 Å². The van der Waals surface area contributed by atoms with Gasteiger partial charge >= 0.3 is 5.69 Å². The average Bonchev–Trinajstić information content (AvgIpc) is 2.84. The zero-order valence-corrected chi connectivity index (χ0v) is 9.86. The van der Waals surface area contributed by atoms with Crippen molar-refractivity contribution in [3.63, 3.8) is 0 Å². The van der Waals surface area contributed by atoms with Gasteiger partial charge in [-0.1, -0.05) is 0 Å². The van der Waals surface area contributed by atoms with E-state index in [1.54, 1.807) is 12.5 Å². The van der Waals surface area contributed by atoms with Crippen LogP contribution < -0.4 is 22.3 Å². The highest BCUT2D eigenvalue weighted by Crippen LogP contribution is 2.08. The first-order chi connectivity index (χ1) is 8.59. The van der Waals surface area contributed by atoms with E-state index >= 15 is 0 Å². The van der Waals surface area contributed by atoms with Gasteiger partial charge in [-0.25, -0.2) is 9.78 Å². The third-order valence-corrected chi connectivity index (χ3v) is 2.62. The van der Waals surface area contributed by atoms with Crippen LogP contribution in [0.2, 0.25) is 0 Å². The Labute approximate surface area is 102 Å². The molecule has 5 N–H and O–H groups in total. The maximum Gasteiger partial charge on any atom is 0.329 e. The van der Waals surface area contributed by atoms with Crippen molar-refractivity contribution in [1.82, 2.24) is 19.5 Å². The molecule has 0 aliphatic heterocycles. The minimum Gasteiger partial charge on any atom is -0.383 e. The van der Waals surface area contributed by atoms with Crippen LogP contribution >= 0.6 is 0 Å². The Balaban J connectivity index is 2.12. The number of imidazole rings is 1. The highest BCUT2D eigenvalue weighted by atomic mass is 16.2. The largest absolute Gasteiger partial charge is 0.383 e. The van der Waals surface area contributed by atoms with Crippen LogP contribution in [0.25, 0.3) is 0 Å². The Hall–Kier alpha value is -2.51. The van der Waals surface area contributed by atoms with Crippen molar-refractivity contribution in [1.29, 1.82) is 0 Å². The maximum absolute atomic E-state index is 11.6. The molecule has 0 aliphatic carbocycles. The van der Waals surface area contributed by atoms with Crippen LogP contribution in [-0.2, 0) is 13.5 Å². The Kier molecular flexibility index (Phi) is 3.18. The molecule has 0 bridgehead atoms. The van der Waals surface area contributed by atoms with E-state index in [0.717, 1.165) is 5.69 Å². The van der Waals surface area contributed by atoms with Crippen LogP contribution in [0.15, 0.2) is 22.1 Å². The standard InChI is InChI=1S/C10H14N6O2/c1-16-8(11)7(9(17)15-10(16)18)13-3-2-6-4-12-5-14-6/h4-5,13H,2-3,11H2,1H3,(H,12,14)(H,15,17,18). The lowest BCUT2D eigenvalue weighted by Gasteiger charge is -2.10. The van der Waals surface area contributed by atoms with Gasteiger partial charge < -0.3 is 16.0 Å². The van der Waals surface area contributed by atoms with Crippen LogP contribution in [0.5, 0.6) is 0 Å². The predicted octanol–water partition coefficient (Wildman–Crippen LogP) is -0.967. The number of nitrogens with one attached hydrogen (secondary N) is 3. The number of aromatic nitrogens is 4. The van der Waals surface area contributed by atoms with Gasteiger partial charge in [0.05, 0.1) is 6.33 Å². The number of nitrogen functional groups attached to an aromatic ring is 1. The number of rotatable bonds is 4. The smallest absolute Gasteiger partial charge is 0.329 e. The van der Waals surface area contributed by atoms with Crippen LogP contribution in [-0.4, -0.2) is 26.1 Å². The molecule has 0 radical (unpaired) electrons. The molecule has 0 spiro atoms. The van der Waals surface area contributed by atoms with Gasteiger partial charge in [0.1, 0.15) is 11.5 Å². The third kappa shape index (κ3) is 2.26. The maximum atomic E-state index is 11.6. The molecule has 2 rings (SSSR count). The number of nitrogens with two attached hydrogens (primary N) is 1. The van der Waals surface area contributed by atoms with Crippen LogP contribution in [0.1, 0.15) is 5.69 Å². The second kappa shape index (κ2) is 4.78. The number of anilines is 2. The fraction of sp³-hybridized carbons (Fsp3) is 0.300. The normalized spacial score (nSPS) is 10.5. The fourth-order valence-corrected chi connectivity index (χ4v) is 1.55. The molecule has 18 heavy (non-hydrogen) atoms. The van der Waals surface area contributed by atoms with Gasteiger partial charge in [0, 0.05) is 31.9 Å². The summed E-state index contributed by atoms with van der Waals surface area (Å²) in [6.45, 7) is 0.508. The highest BCUT2D eigenvalue weighted by Gasteiger charge is 2.08. The minimum absolute atomic E-state index is 0.119. The van der Waals surface area contributed by atoms with E-state index in [4.69, 9.17) is 5.73 Å². The molecule has 8 heteroatoms. The summed E-state index contributed by atoms with van der Waals surface area (Å²) in [6.07, 6.45) is 3.96. The van der Waals surface area contributed by atoms with Gasteiger partial charge in [-0.2, -0.15) is 0 Å². The molecule has 2 heterocycles. The quantitative estimate of drug-likeness (QED) is 0.556. The molecule has 2 aromatic heterocycles. The van der Waals surface area contributed by atoms with E-state index in [1.165, 1.54) is 11.6 Å². The Morgan fingerprint density at radius 2 is 2.28 bits per heavy atom. The van der Waals surface area contributed by atoms with Gasteiger partial charge in [-0.15, -0.1) is 0 Å². The lowest BCUT2D eigenvalue weighted by Crippen LogP contribution is -2.32. The molecule has 8 nitrogen and oxygen atoms in total. The van der Waals surface area contributed by atoms with Gasteiger partial charge in [0.2, 0.25) is 0 Å². The van der Waals surface area contributed by atoms with Crippen molar-refractivity contribution in [3.05, 3.63) is 39.1 Å². The Morgan fingerprint density at radius 1 is 1.50 bits per heavy atom. The monoisotopic (exact) mass is 250 g/mol. The first-order valence-electron chi connectivity index (χ1n) is 5.39. The molecule has 96 valence electrons. The Morgan fingerprint density at radius 3 is 2.94 bits per heavy atom. The summed E-state index contributed by atoms with van der Waals surface area (Å²) in [6, 6.07) is 0. The number of hydrogen-bond acceptors (Lipinski definition) is 5. The van der Waals surface area contributed by atoms with Crippen molar-refractivity contribution in [2.45, 2.75) is 6.42 Å². The molecule has 0 unspecified atom stereocenters. The molecular formula is C10H14N6O2. The molecule has 0 saturated heterocycles. The van der Waals surface area contributed by atoms with Gasteiger partial charge in [0.25, 0.3) is 5.56 Å². The number of hydrogen-bond donors (Lipinski definition) is 4. The van der Waals surface area contributed by atoms with Crippen LogP contribution in [0, 0.1) is 0 Å². The lowest BCUT2D eigenvalue weighted by molar-refractivity contribution is 0.811. The fourth-order valence-electron chi connectivity index (χ4n) is 1.55. The zero-order chi connectivity index (χ0) is 13.1. The molecular weight excluding hydrogens is 236 g/mol. The Bertz CT molecular complexity index is 639. The van der Waals surface area contributed by atoms with E-state index in [-0.39, 0.29) is 11.5 Å². The van der Waals surface area contributed by atoms with Crippen molar-refractivity contribution in [2.24, 2.45) is 7.05 Å². The summed E-state index contributed by atoms with van der Waals surface area (Å²) in [5, 5.41) is 2.91. The predicted molar refractivity (Wildman–Crippen MR) is 67.5 cm³/mol. The second-order valence-corrected chi connectivity index (χ2v) is 3.83. The molecule has 0 atom stereocenters. The van der Waals surface area contributed by atoms with Crippen LogP contribution in [0.3, 0.4) is 0 Å². The molecule has 0 aliphatic rings. The molecule has 0 fully saturated rings. The van der Waals surface area contributed by atoms with Crippen molar-refractivity contribution < 1.29 is 0 Å². The third-order valence-electron chi connectivity index (χ3n) is 2.62. The summed E-state index contributed by atoms with van der Waals surface area (Å²) in [5.74, 6) is 0.119. The van der Waals surface area contributed by atoms with E-state index in [0.29, 0.717) is 13.0 Å². The summed E-state index contributed by atoms with van der Waals surface area (Å²) in [4.78, 5) is 31.9. The topological polar surface area (TPSA) is 122 Å². The molecule has 0 aromatic carbocycles. The van der Waals surface area contributed by atoms with Crippen LogP contribution in [0.4, 0.5) is 11.5 Å². The SMILES string of the molecule is Cn1c(N)c(NCCc2cnc[nH]2)c(=O)[nH]c1=O. The minimum atomic E-state index is -0.531. The lowest BCUT2D eigenvalue weighted by atomic mass is 10.3. The first-order valence-corrected chi connectivity index (χ1v) is 5.39. The molecule has 2 aromatic rings. The van der Waals surface area contributed by atoms with E-state index < -0.39 is 11.2 Å². The van der Waals surface area contributed by atoms with E-state index in [9.17, 15) is 9.59 Å². The highest BCUT2D eigenvalue weighted by molar-refractivity contribution is 5.60. The van der Waals surface area contributed by atoms with Gasteiger partial charge in [0.15, 0.2) is 0 Å². The molecule has 0 amide bonds. The zero-order valence-electron chi connectivity index (χ0n) is 9.86. The summed E-state index contributed by atoms with van der Waals surface area (Å²) >= 11 is 0. The summed E-state index contributed by atoms with van der Waals surface area (Å²) in [5.41, 5.74) is 5.81. The molecule has 0 saturated carbocycles. The van der Waals surface area contributed by atoms with Crippen molar-refractivity contribution >= 4 is 11.5 Å². The van der Waals surface area contributed by atoms with Crippen molar-refractivity contribution in [2.75, 3.05) is 17.6 Å². The number of nitrogens with zero attached hydrogens (tertiary/aromatic N) is 2. The van der Waals surface area contributed by atoms with E-state index in [2.05, 4.69) is 20.3 Å².